The van der Waals surface area contributed by atoms with Crippen LogP contribution in [0.2, 0.25) is 0 Å². The first-order chi connectivity index (χ1) is 11.0. The Balaban J connectivity index is 2.10. The van der Waals surface area contributed by atoms with Crippen LogP contribution in [0.1, 0.15) is 15.9 Å². The van der Waals surface area contributed by atoms with E-state index in [4.69, 9.17) is 9.47 Å². The summed E-state index contributed by atoms with van der Waals surface area (Å²) in [6.45, 7) is 1.67. The van der Waals surface area contributed by atoms with Crippen molar-refractivity contribution in [1.29, 1.82) is 0 Å². The van der Waals surface area contributed by atoms with E-state index < -0.39 is 0 Å². The molecule has 0 aromatic heterocycles. The summed E-state index contributed by atoms with van der Waals surface area (Å²) >= 11 is 3.29. The summed E-state index contributed by atoms with van der Waals surface area (Å²) in [6, 6.07) is 10.7. The maximum absolute atomic E-state index is 12.0. The first-order valence-corrected chi connectivity index (χ1v) is 7.65. The molecular weight excluding hydrogens is 362 g/mol. The Bertz CT molecular complexity index is 731. The predicted octanol–water partition coefficient (Wildman–Crippen LogP) is 3.60. The van der Waals surface area contributed by atoms with Crippen LogP contribution in [0.5, 0.6) is 11.5 Å². The van der Waals surface area contributed by atoms with Gasteiger partial charge in [0.05, 0.1) is 12.7 Å². The molecule has 0 heterocycles. The molecule has 5 nitrogen and oxygen atoms in total. The SMILES string of the molecule is COc1cc(Br)cc(C=O)c1OCC(=O)Nc1ccccc1C. The molecule has 0 saturated carbocycles. The fourth-order valence-electron chi connectivity index (χ4n) is 2.02. The van der Waals surface area contributed by atoms with Crippen molar-refractivity contribution in [2.75, 3.05) is 19.0 Å². The highest BCUT2D eigenvalue weighted by atomic mass is 79.9. The summed E-state index contributed by atoms with van der Waals surface area (Å²) in [5.74, 6) is 0.303. The van der Waals surface area contributed by atoms with Gasteiger partial charge in [0.25, 0.3) is 5.91 Å². The monoisotopic (exact) mass is 377 g/mol. The molecule has 120 valence electrons. The van der Waals surface area contributed by atoms with Gasteiger partial charge >= 0.3 is 0 Å². The van der Waals surface area contributed by atoms with Gasteiger partial charge in [-0.25, -0.2) is 0 Å². The van der Waals surface area contributed by atoms with Crippen LogP contribution in [-0.4, -0.2) is 25.9 Å². The molecule has 0 unspecified atom stereocenters. The van der Waals surface area contributed by atoms with Crippen molar-refractivity contribution >= 4 is 33.8 Å². The van der Waals surface area contributed by atoms with E-state index in [1.54, 1.807) is 12.1 Å². The van der Waals surface area contributed by atoms with E-state index in [0.717, 1.165) is 11.3 Å². The minimum atomic E-state index is -0.318. The summed E-state index contributed by atoms with van der Waals surface area (Å²) in [6.07, 6.45) is 0.655. The molecule has 0 aliphatic carbocycles. The van der Waals surface area contributed by atoms with Gasteiger partial charge in [-0.05, 0) is 30.7 Å². The van der Waals surface area contributed by atoms with E-state index in [0.29, 0.717) is 22.1 Å². The fraction of sp³-hybridized carbons (Fsp3) is 0.176. The maximum Gasteiger partial charge on any atom is 0.262 e. The Hall–Kier alpha value is -2.34. The molecule has 0 saturated heterocycles. The van der Waals surface area contributed by atoms with E-state index in [1.807, 2.05) is 31.2 Å². The third kappa shape index (κ3) is 4.32. The molecule has 2 aromatic carbocycles. The minimum absolute atomic E-state index is 0.229. The van der Waals surface area contributed by atoms with Crippen molar-refractivity contribution in [3.8, 4) is 11.5 Å². The first-order valence-electron chi connectivity index (χ1n) is 6.86. The Morgan fingerprint density at radius 2 is 2.04 bits per heavy atom. The van der Waals surface area contributed by atoms with Crippen molar-refractivity contribution in [2.45, 2.75) is 6.92 Å². The molecule has 0 bridgehead atoms. The summed E-state index contributed by atoms with van der Waals surface area (Å²) in [7, 11) is 1.47. The number of anilines is 1. The fourth-order valence-corrected chi connectivity index (χ4v) is 2.47. The molecular formula is C17H16BrNO4. The van der Waals surface area contributed by atoms with Crippen LogP contribution in [-0.2, 0) is 4.79 Å². The van der Waals surface area contributed by atoms with Crippen molar-refractivity contribution in [1.82, 2.24) is 0 Å². The average Bonchev–Trinajstić information content (AvgIpc) is 2.54. The molecule has 6 heteroatoms. The Kier molecular flexibility index (Phi) is 5.76. The van der Waals surface area contributed by atoms with Crippen molar-refractivity contribution in [2.24, 2.45) is 0 Å². The molecule has 2 rings (SSSR count). The van der Waals surface area contributed by atoms with Gasteiger partial charge in [0.15, 0.2) is 24.4 Å². The third-order valence-corrected chi connectivity index (χ3v) is 3.62. The Morgan fingerprint density at radius 1 is 1.30 bits per heavy atom. The second-order valence-electron chi connectivity index (χ2n) is 4.80. The number of ether oxygens (including phenoxy) is 2. The van der Waals surface area contributed by atoms with Crippen LogP contribution in [0, 0.1) is 6.92 Å². The maximum atomic E-state index is 12.0. The van der Waals surface area contributed by atoms with E-state index in [2.05, 4.69) is 21.2 Å². The van der Waals surface area contributed by atoms with Crippen molar-refractivity contribution in [3.05, 3.63) is 52.0 Å². The summed E-state index contributed by atoms with van der Waals surface area (Å²) in [5, 5.41) is 2.76. The number of hydrogen-bond acceptors (Lipinski definition) is 4. The molecule has 23 heavy (non-hydrogen) atoms. The lowest BCUT2D eigenvalue weighted by Gasteiger charge is -2.14. The number of carbonyl (C=O) groups is 2. The molecule has 1 N–H and O–H groups in total. The van der Waals surface area contributed by atoms with E-state index in [-0.39, 0.29) is 18.3 Å². The zero-order valence-electron chi connectivity index (χ0n) is 12.8. The number of hydrogen-bond donors (Lipinski definition) is 1. The topological polar surface area (TPSA) is 64.6 Å². The van der Waals surface area contributed by atoms with Crippen molar-refractivity contribution < 1.29 is 19.1 Å². The molecule has 1 amide bonds. The van der Waals surface area contributed by atoms with Crippen LogP contribution >= 0.6 is 15.9 Å². The lowest BCUT2D eigenvalue weighted by Crippen LogP contribution is -2.21. The highest BCUT2D eigenvalue weighted by Gasteiger charge is 2.14. The number of benzene rings is 2. The number of aldehydes is 1. The number of methoxy groups -OCH3 is 1. The quantitative estimate of drug-likeness (QED) is 0.781. The van der Waals surface area contributed by atoms with Crippen molar-refractivity contribution in [3.63, 3.8) is 0 Å². The minimum Gasteiger partial charge on any atom is -0.493 e. The van der Waals surface area contributed by atoms with Crippen LogP contribution in [0.4, 0.5) is 5.69 Å². The highest BCUT2D eigenvalue weighted by molar-refractivity contribution is 9.10. The van der Waals surface area contributed by atoms with Crippen LogP contribution < -0.4 is 14.8 Å². The first kappa shape index (κ1) is 17.0. The number of para-hydroxylation sites is 1. The second kappa shape index (κ2) is 7.78. The van der Waals surface area contributed by atoms with Crippen LogP contribution in [0.15, 0.2) is 40.9 Å². The van der Waals surface area contributed by atoms with Gasteiger partial charge in [-0.2, -0.15) is 0 Å². The summed E-state index contributed by atoms with van der Waals surface area (Å²) in [5.41, 5.74) is 1.98. The number of nitrogens with one attached hydrogen (secondary N) is 1. The average molecular weight is 378 g/mol. The largest absolute Gasteiger partial charge is 0.493 e. The van der Waals surface area contributed by atoms with Gasteiger partial charge in [0.1, 0.15) is 0 Å². The second-order valence-corrected chi connectivity index (χ2v) is 5.71. The zero-order chi connectivity index (χ0) is 16.8. The van der Waals surface area contributed by atoms with E-state index in [1.165, 1.54) is 7.11 Å². The van der Waals surface area contributed by atoms with Gasteiger partial charge in [0, 0.05) is 10.2 Å². The van der Waals surface area contributed by atoms with Crippen LogP contribution in [0.25, 0.3) is 0 Å². The lowest BCUT2D eigenvalue weighted by molar-refractivity contribution is -0.118. The number of aryl methyl sites for hydroxylation is 1. The lowest BCUT2D eigenvalue weighted by atomic mass is 10.2. The van der Waals surface area contributed by atoms with Gasteiger partial charge in [-0.1, -0.05) is 34.1 Å². The number of halogens is 1. The summed E-state index contributed by atoms with van der Waals surface area (Å²) < 4.78 is 11.4. The summed E-state index contributed by atoms with van der Waals surface area (Å²) in [4.78, 5) is 23.2. The van der Waals surface area contributed by atoms with E-state index >= 15 is 0 Å². The highest BCUT2D eigenvalue weighted by Crippen LogP contribution is 2.33. The standard InChI is InChI=1S/C17H16BrNO4/c1-11-5-3-4-6-14(11)19-16(21)10-23-17-12(9-20)7-13(18)8-15(17)22-2/h3-9H,10H2,1-2H3,(H,19,21). The zero-order valence-corrected chi connectivity index (χ0v) is 14.3. The normalized spacial score (nSPS) is 10.0. The third-order valence-electron chi connectivity index (χ3n) is 3.16. The Labute approximate surface area is 142 Å². The van der Waals surface area contributed by atoms with Gasteiger partial charge in [-0.3, -0.25) is 9.59 Å². The molecule has 0 fully saturated rings. The van der Waals surface area contributed by atoms with Crippen LogP contribution in [0.3, 0.4) is 0 Å². The molecule has 0 radical (unpaired) electrons. The predicted molar refractivity (Wildman–Crippen MR) is 91.4 cm³/mol. The van der Waals surface area contributed by atoms with Gasteiger partial charge in [-0.15, -0.1) is 0 Å². The van der Waals surface area contributed by atoms with Gasteiger partial charge < -0.3 is 14.8 Å². The molecule has 0 aliphatic rings. The van der Waals surface area contributed by atoms with E-state index in [9.17, 15) is 9.59 Å². The number of amides is 1. The number of rotatable bonds is 6. The Morgan fingerprint density at radius 3 is 2.70 bits per heavy atom. The van der Waals surface area contributed by atoms with Gasteiger partial charge in [0.2, 0.25) is 0 Å². The molecule has 0 spiro atoms. The smallest absolute Gasteiger partial charge is 0.262 e. The number of carbonyl (C=O) groups excluding carboxylic acids is 2. The molecule has 2 aromatic rings. The molecule has 0 aliphatic heterocycles. The molecule has 0 atom stereocenters.